The van der Waals surface area contributed by atoms with Gasteiger partial charge >= 0.3 is 0 Å². The van der Waals surface area contributed by atoms with Crippen LogP contribution >= 0.6 is 23.5 Å². The van der Waals surface area contributed by atoms with Crippen molar-refractivity contribution in [3.63, 3.8) is 0 Å². The van der Waals surface area contributed by atoms with E-state index in [9.17, 15) is 9.59 Å². The molecule has 68 valence electrons. The van der Waals surface area contributed by atoms with Crippen LogP contribution in [0.1, 0.15) is 13.8 Å². The predicted molar refractivity (Wildman–Crippen MR) is 55.4 cm³/mol. The van der Waals surface area contributed by atoms with Crippen molar-refractivity contribution < 1.29 is 9.59 Å². The highest BCUT2D eigenvalue weighted by Gasteiger charge is 1.90. The predicted octanol–water partition coefficient (Wildman–Crippen LogP) is 2.10. The van der Waals surface area contributed by atoms with Crippen molar-refractivity contribution in [3.8, 4) is 0 Å². The van der Waals surface area contributed by atoms with Crippen LogP contribution in [0.3, 0.4) is 0 Å². The van der Waals surface area contributed by atoms with Crippen LogP contribution < -0.4 is 0 Å². The van der Waals surface area contributed by atoms with Crippen molar-refractivity contribution >= 4 is 33.8 Å². The summed E-state index contributed by atoms with van der Waals surface area (Å²) in [5, 5.41) is 0.248. The summed E-state index contributed by atoms with van der Waals surface area (Å²) < 4.78 is 0. The fourth-order valence-electron chi connectivity index (χ4n) is 0.467. The monoisotopic (exact) mass is 204 g/mol. The van der Waals surface area contributed by atoms with Gasteiger partial charge in [0.25, 0.3) is 0 Å². The minimum absolute atomic E-state index is 0.124. The maximum atomic E-state index is 10.5. The Hall–Kier alpha value is -0.220. The first-order valence-electron chi connectivity index (χ1n) is 3.54. The van der Waals surface area contributed by atoms with E-state index >= 15 is 0 Å². The summed E-state index contributed by atoms with van der Waals surface area (Å²) in [5.41, 5.74) is 0. The molecule has 0 aromatic heterocycles. The van der Waals surface area contributed by atoms with Gasteiger partial charge in [-0.2, -0.15) is 0 Å². The van der Waals surface area contributed by atoms with E-state index in [-0.39, 0.29) is 10.2 Å². The Morgan fingerprint density at radius 3 is 1.58 bits per heavy atom. The molecule has 0 aromatic carbocycles. The normalized spacial score (nSPS) is 10.5. The van der Waals surface area contributed by atoms with Crippen molar-refractivity contribution in [2.24, 2.45) is 0 Å². The van der Waals surface area contributed by atoms with Gasteiger partial charge in [-0.15, -0.1) is 0 Å². The van der Waals surface area contributed by atoms with Crippen molar-refractivity contribution in [3.05, 3.63) is 12.2 Å². The third kappa shape index (κ3) is 9.78. The number of carbonyl (C=O) groups excluding carboxylic acids is 2. The van der Waals surface area contributed by atoms with Crippen LogP contribution in [0.25, 0.3) is 0 Å². The zero-order chi connectivity index (χ0) is 9.40. The quantitative estimate of drug-likeness (QED) is 0.657. The minimum atomic E-state index is 0.124. The number of thioether (sulfide) groups is 2. The molecule has 2 nitrogen and oxygen atoms in total. The second-order valence-electron chi connectivity index (χ2n) is 2.08. The molecule has 0 atom stereocenters. The molecular weight excluding hydrogens is 192 g/mol. The summed E-state index contributed by atoms with van der Waals surface area (Å²) in [6.45, 7) is 3.09. The minimum Gasteiger partial charge on any atom is -0.288 e. The fourth-order valence-corrected chi connectivity index (χ4v) is 1.40. The van der Waals surface area contributed by atoms with Gasteiger partial charge < -0.3 is 0 Å². The summed E-state index contributed by atoms with van der Waals surface area (Å²) >= 11 is 2.54. The second-order valence-corrected chi connectivity index (χ2v) is 4.47. The third-order valence-electron chi connectivity index (χ3n) is 0.932. The Kier molecular flexibility index (Phi) is 7.29. The maximum absolute atomic E-state index is 10.5. The molecule has 0 radical (unpaired) electrons. The second kappa shape index (κ2) is 7.43. The van der Waals surface area contributed by atoms with Gasteiger partial charge in [0.15, 0.2) is 10.2 Å². The Morgan fingerprint density at radius 2 is 1.33 bits per heavy atom. The van der Waals surface area contributed by atoms with Crippen molar-refractivity contribution in [1.29, 1.82) is 0 Å². The fraction of sp³-hybridized carbons (Fsp3) is 0.500. The molecule has 0 unspecified atom stereocenters. The van der Waals surface area contributed by atoms with Gasteiger partial charge in [-0.25, -0.2) is 0 Å². The summed E-state index contributed by atoms with van der Waals surface area (Å²) in [6, 6.07) is 0. The molecule has 0 amide bonds. The number of hydrogen-bond acceptors (Lipinski definition) is 4. The summed E-state index contributed by atoms with van der Waals surface area (Å²) in [7, 11) is 0. The van der Waals surface area contributed by atoms with Crippen molar-refractivity contribution in [1.82, 2.24) is 0 Å². The van der Waals surface area contributed by atoms with Crippen LogP contribution in [0.5, 0.6) is 0 Å². The van der Waals surface area contributed by atoms with Crippen molar-refractivity contribution in [2.45, 2.75) is 13.8 Å². The van der Waals surface area contributed by atoms with Gasteiger partial charge in [-0.3, -0.25) is 9.59 Å². The lowest BCUT2D eigenvalue weighted by atomic mass is 10.6. The summed E-state index contributed by atoms with van der Waals surface area (Å²) in [5.74, 6) is 1.40. The molecule has 12 heavy (non-hydrogen) atoms. The highest BCUT2D eigenvalue weighted by Crippen LogP contribution is 2.03. The van der Waals surface area contributed by atoms with Crippen LogP contribution in [-0.4, -0.2) is 21.7 Å². The summed E-state index contributed by atoms with van der Waals surface area (Å²) in [6.07, 6.45) is 3.81. The van der Waals surface area contributed by atoms with E-state index in [1.807, 2.05) is 12.2 Å². The highest BCUT2D eigenvalue weighted by molar-refractivity contribution is 8.14. The highest BCUT2D eigenvalue weighted by atomic mass is 32.2. The molecule has 0 bridgehead atoms. The Morgan fingerprint density at radius 1 is 1.00 bits per heavy atom. The molecule has 0 aromatic rings. The molecule has 4 heteroatoms. The average molecular weight is 204 g/mol. The van der Waals surface area contributed by atoms with E-state index < -0.39 is 0 Å². The van der Waals surface area contributed by atoms with Crippen LogP contribution in [0.15, 0.2) is 12.2 Å². The molecule has 0 aliphatic carbocycles. The standard InChI is InChI=1S/C8H12O2S2/c1-7(9)11-5-3-4-6-12-8(2)10/h3-4H,5-6H2,1-2H3. The van der Waals surface area contributed by atoms with E-state index in [1.54, 1.807) is 13.8 Å². The molecule has 0 fully saturated rings. The van der Waals surface area contributed by atoms with Crippen LogP contribution in [0.4, 0.5) is 0 Å². The molecule has 0 saturated carbocycles. The maximum Gasteiger partial charge on any atom is 0.186 e. The SMILES string of the molecule is CC(=O)SCC=CCSC(C)=O. The number of carbonyl (C=O) groups is 2. The largest absolute Gasteiger partial charge is 0.288 e. The average Bonchev–Trinajstić information content (AvgIpc) is 1.95. The van der Waals surface area contributed by atoms with Crippen LogP contribution in [-0.2, 0) is 9.59 Å². The lowest BCUT2D eigenvalue weighted by molar-refractivity contribution is -0.109. The van der Waals surface area contributed by atoms with Gasteiger partial charge in [0.1, 0.15) is 0 Å². The molecule has 0 heterocycles. The molecule has 0 saturated heterocycles. The Balaban J connectivity index is 3.26. The first-order chi connectivity index (χ1) is 5.63. The zero-order valence-corrected chi connectivity index (χ0v) is 8.83. The molecule has 0 rings (SSSR count). The van der Waals surface area contributed by atoms with Gasteiger partial charge in [-0.1, -0.05) is 35.7 Å². The molecular formula is C8H12O2S2. The van der Waals surface area contributed by atoms with Gasteiger partial charge in [0, 0.05) is 25.4 Å². The smallest absolute Gasteiger partial charge is 0.186 e. The van der Waals surface area contributed by atoms with Crippen molar-refractivity contribution in [2.75, 3.05) is 11.5 Å². The molecule has 0 spiro atoms. The zero-order valence-electron chi connectivity index (χ0n) is 7.20. The number of hydrogen-bond donors (Lipinski definition) is 0. The molecule has 0 N–H and O–H groups in total. The van der Waals surface area contributed by atoms with Crippen LogP contribution in [0, 0.1) is 0 Å². The van der Waals surface area contributed by atoms with E-state index in [1.165, 1.54) is 23.5 Å². The third-order valence-corrected chi connectivity index (χ3v) is 2.46. The first kappa shape index (κ1) is 11.8. The lowest BCUT2D eigenvalue weighted by Crippen LogP contribution is -1.84. The topological polar surface area (TPSA) is 34.1 Å². The van der Waals surface area contributed by atoms with E-state index in [2.05, 4.69) is 0 Å². The summed E-state index contributed by atoms with van der Waals surface area (Å²) in [4.78, 5) is 20.9. The van der Waals surface area contributed by atoms with E-state index in [0.717, 1.165) is 0 Å². The lowest BCUT2D eigenvalue weighted by Gasteiger charge is -1.89. The van der Waals surface area contributed by atoms with Gasteiger partial charge in [0.2, 0.25) is 0 Å². The van der Waals surface area contributed by atoms with E-state index in [4.69, 9.17) is 0 Å². The Bertz CT molecular complexity index is 167. The first-order valence-corrected chi connectivity index (χ1v) is 5.51. The van der Waals surface area contributed by atoms with Gasteiger partial charge in [-0.05, 0) is 0 Å². The van der Waals surface area contributed by atoms with Gasteiger partial charge in [0.05, 0.1) is 0 Å². The molecule has 0 aliphatic rings. The van der Waals surface area contributed by atoms with Crippen LogP contribution in [0.2, 0.25) is 0 Å². The molecule has 0 aliphatic heterocycles. The Labute approximate surface area is 81.2 Å². The van der Waals surface area contributed by atoms with E-state index in [0.29, 0.717) is 11.5 Å². The number of rotatable bonds is 4.